The van der Waals surface area contributed by atoms with E-state index in [-0.39, 0.29) is 0 Å². The van der Waals surface area contributed by atoms with Crippen LogP contribution in [0.5, 0.6) is 5.75 Å². The number of phenolic OH excluding ortho intramolecular Hbond substituents is 1. The lowest BCUT2D eigenvalue weighted by Gasteiger charge is -2.28. The summed E-state index contributed by atoms with van der Waals surface area (Å²) in [4.78, 5) is 0. The molecule has 2 aromatic carbocycles. The van der Waals surface area contributed by atoms with E-state index < -0.39 is 0 Å². The van der Waals surface area contributed by atoms with Crippen LogP contribution in [0.4, 0.5) is 5.69 Å². The molecule has 22 heavy (non-hydrogen) atoms. The predicted molar refractivity (Wildman–Crippen MR) is 91.7 cm³/mol. The standard InChI is InChI=1S/C19H22N2O/c1-13-7-5-8-14(2)19(13)18-12-20(4)21(15(18)3)16-9-6-10-17(22)11-16/h5-11,22H,12H2,1-4H3. The lowest BCUT2D eigenvalue weighted by atomic mass is 9.95. The third-order valence-electron chi connectivity index (χ3n) is 4.34. The highest BCUT2D eigenvalue weighted by atomic mass is 16.3. The highest BCUT2D eigenvalue weighted by Crippen LogP contribution is 2.36. The van der Waals surface area contributed by atoms with Crippen molar-refractivity contribution in [3.8, 4) is 5.75 Å². The maximum atomic E-state index is 9.76. The number of hydrogen-bond acceptors (Lipinski definition) is 3. The van der Waals surface area contributed by atoms with E-state index in [1.165, 1.54) is 28.0 Å². The number of aromatic hydroxyl groups is 1. The highest BCUT2D eigenvalue weighted by Gasteiger charge is 2.28. The van der Waals surface area contributed by atoms with Crippen LogP contribution in [0.25, 0.3) is 5.57 Å². The molecular weight excluding hydrogens is 272 g/mol. The zero-order valence-corrected chi connectivity index (χ0v) is 13.6. The van der Waals surface area contributed by atoms with E-state index in [1.54, 1.807) is 12.1 Å². The zero-order chi connectivity index (χ0) is 15.9. The maximum absolute atomic E-state index is 9.76. The molecule has 0 spiro atoms. The van der Waals surface area contributed by atoms with Gasteiger partial charge in [0.25, 0.3) is 0 Å². The lowest BCUT2D eigenvalue weighted by Crippen LogP contribution is -2.33. The number of allylic oxidation sites excluding steroid dienone is 1. The number of likely N-dealkylation sites (N-methyl/N-ethyl adjacent to an activating group) is 1. The van der Waals surface area contributed by atoms with Crippen LogP contribution < -0.4 is 5.01 Å². The summed E-state index contributed by atoms with van der Waals surface area (Å²) in [6.45, 7) is 7.35. The van der Waals surface area contributed by atoms with Gasteiger partial charge in [-0.3, -0.25) is 5.01 Å². The molecule has 0 aromatic heterocycles. The van der Waals surface area contributed by atoms with Gasteiger partial charge in [0.15, 0.2) is 0 Å². The Bertz CT molecular complexity index is 729. The number of hydrazine groups is 1. The molecule has 114 valence electrons. The molecule has 1 aliphatic rings. The number of anilines is 1. The highest BCUT2D eigenvalue weighted by molar-refractivity contribution is 5.79. The fraction of sp³-hybridized carbons (Fsp3) is 0.263. The summed E-state index contributed by atoms with van der Waals surface area (Å²) in [6, 6.07) is 13.8. The molecule has 0 unspecified atom stereocenters. The Morgan fingerprint density at radius 3 is 2.23 bits per heavy atom. The van der Waals surface area contributed by atoms with Gasteiger partial charge in [-0.15, -0.1) is 0 Å². The first-order valence-corrected chi connectivity index (χ1v) is 7.55. The Hall–Kier alpha value is -2.26. The van der Waals surface area contributed by atoms with Gasteiger partial charge in [-0.1, -0.05) is 24.3 Å². The average Bonchev–Trinajstić information content (AvgIpc) is 2.74. The number of rotatable bonds is 2. The summed E-state index contributed by atoms with van der Waals surface area (Å²) in [7, 11) is 2.08. The van der Waals surface area contributed by atoms with E-state index in [1.807, 2.05) is 12.1 Å². The normalized spacial score (nSPS) is 15.7. The van der Waals surface area contributed by atoms with Gasteiger partial charge in [0, 0.05) is 25.4 Å². The smallest absolute Gasteiger partial charge is 0.117 e. The van der Waals surface area contributed by atoms with Gasteiger partial charge in [-0.25, -0.2) is 5.01 Å². The molecule has 0 saturated carbocycles. The third kappa shape index (κ3) is 2.38. The summed E-state index contributed by atoms with van der Waals surface area (Å²) in [5.41, 5.74) is 7.50. The molecule has 0 radical (unpaired) electrons. The van der Waals surface area contributed by atoms with Crippen molar-refractivity contribution in [3.63, 3.8) is 0 Å². The van der Waals surface area contributed by atoms with Gasteiger partial charge < -0.3 is 5.11 Å². The first-order valence-electron chi connectivity index (χ1n) is 7.55. The van der Waals surface area contributed by atoms with Crippen molar-refractivity contribution in [2.24, 2.45) is 0 Å². The van der Waals surface area contributed by atoms with Crippen LogP contribution >= 0.6 is 0 Å². The van der Waals surface area contributed by atoms with Crippen molar-refractivity contribution in [2.75, 3.05) is 18.6 Å². The summed E-state index contributed by atoms with van der Waals surface area (Å²) in [5, 5.41) is 14.1. The number of hydrogen-bond donors (Lipinski definition) is 1. The largest absolute Gasteiger partial charge is 0.508 e. The van der Waals surface area contributed by atoms with E-state index in [0.29, 0.717) is 5.75 Å². The predicted octanol–water partition coefficient (Wildman–Crippen LogP) is 4.11. The molecule has 0 fully saturated rings. The van der Waals surface area contributed by atoms with Crippen LogP contribution in [0, 0.1) is 13.8 Å². The molecule has 1 aliphatic heterocycles. The number of aryl methyl sites for hydroxylation is 2. The molecule has 1 N–H and O–H groups in total. The first kappa shape index (κ1) is 14.7. The summed E-state index contributed by atoms with van der Waals surface area (Å²) in [6.07, 6.45) is 0. The Labute approximate surface area is 132 Å². The molecular formula is C19H22N2O. The molecule has 3 rings (SSSR count). The summed E-state index contributed by atoms with van der Waals surface area (Å²) in [5.74, 6) is 0.291. The number of nitrogens with zero attached hydrogens (tertiary/aromatic N) is 2. The van der Waals surface area contributed by atoms with Gasteiger partial charge in [0.2, 0.25) is 0 Å². The second-order valence-electron chi connectivity index (χ2n) is 5.98. The monoisotopic (exact) mass is 294 g/mol. The number of phenols is 1. The molecule has 0 bridgehead atoms. The van der Waals surface area contributed by atoms with E-state index in [9.17, 15) is 5.11 Å². The SMILES string of the molecule is CC1=C(c2c(C)cccc2C)CN(C)N1c1cccc(O)c1. The van der Waals surface area contributed by atoms with Crippen LogP contribution in [-0.2, 0) is 0 Å². The van der Waals surface area contributed by atoms with E-state index in [0.717, 1.165) is 12.2 Å². The van der Waals surface area contributed by atoms with Gasteiger partial charge in [-0.05, 0) is 55.2 Å². The van der Waals surface area contributed by atoms with Crippen LogP contribution in [0.3, 0.4) is 0 Å². The van der Waals surface area contributed by atoms with Crippen LogP contribution in [0.15, 0.2) is 48.2 Å². The van der Waals surface area contributed by atoms with Crippen LogP contribution in [0.2, 0.25) is 0 Å². The quantitative estimate of drug-likeness (QED) is 0.903. The summed E-state index contributed by atoms with van der Waals surface area (Å²) >= 11 is 0. The molecule has 0 atom stereocenters. The molecule has 0 aliphatic carbocycles. The Balaban J connectivity index is 2.10. The minimum Gasteiger partial charge on any atom is -0.508 e. The number of benzene rings is 2. The fourth-order valence-corrected chi connectivity index (χ4v) is 3.36. The first-order chi connectivity index (χ1) is 10.5. The topological polar surface area (TPSA) is 26.7 Å². The van der Waals surface area contributed by atoms with Gasteiger partial charge in [-0.2, -0.15) is 0 Å². The second-order valence-corrected chi connectivity index (χ2v) is 5.98. The molecule has 0 amide bonds. The van der Waals surface area contributed by atoms with Crippen LogP contribution in [-0.4, -0.2) is 23.7 Å². The zero-order valence-electron chi connectivity index (χ0n) is 13.6. The van der Waals surface area contributed by atoms with Crippen molar-refractivity contribution in [2.45, 2.75) is 20.8 Å². The molecule has 2 aromatic rings. The third-order valence-corrected chi connectivity index (χ3v) is 4.34. The van der Waals surface area contributed by atoms with E-state index in [4.69, 9.17) is 0 Å². The average molecular weight is 294 g/mol. The Morgan fingerprint density at radius 1 is 0.955 bits per heavy atom. The van der Waals surface area contributed by atoms with Gasteiger partial charge >= 0.3 is 0 Å². The van der Waals surface area contributed by atoms with Crippen molar-refractivity contribution in [3.05, 3.63) is 64.9 Å². The fourth-order valence-electron chi connectivity index (χ4n) is 3.36. The Morgan fingerprint density at radius 2 is 1.59 bits per heavy atom. The van der Waals surface area contributed by atoms with Crippen molar-refractivity contribution >= 4 is 11.3 Å². The minimum absolute atomic E-state index is 0.291. The van der Waals surface area contributed by atoms with E-state index >= 15 is 0 Å². The van der Waals surface area contributed by atoms with Crippen molar-refractivity contribution < 1.29 is 5.11 Å². The van der Waals surface area contributed by atoms with Gasteiger partial charge in [0.1, 0.15) is 5.75 Å². The Kier molecular flexibility index (Phi) is 3.67. The lowest BCUT2D eigenvalue weighted by molar-refractivity contribution is 0.391. The summed E-state index contributed by atoms with van der Waals surface area (Å²) < 4.78 is 0. The molecule has 1 heterocycles. The maximum Gasteiger partial charge on any atom is 0.117 e. The van der Waals surface area contributed by atoms with Crippen molar-refractivity contribution in [1.82, 2.24) is 5.01 Å². The van der Waals surface area contributed by atoms with Crippen LogP contribution in [0.1, 0.15) is 23.6 Å². The molecule has 3 nitrogen and oxygen atoms in total. The van der Waals surface area contributed by atoms with Gasteiger partial charge in [0.05, 0.1) is 5.69 Å². The van der Waals surface area contributed by atoms with Crippen molar-refractivity contribution in [1.29, 1.82) is 0 Å². The second kappa shape index (κ2) is 5.50. The minimum atomic E-state index is 0.291. The molecule has 0 saturated heterocycles. The molecule has 3 heteroatoms. The van der Waals surface area contributed by atoms with E-state index in [2.05, 4.69) is 56.0 Å².